The summed E-state index contributed by atoms with van der Waals surface area (Å²) in [6, 6.07) is 3.86. The molecule has 8 heteroatoms. The minimum atomic E-state index is -0.742. The van der Waals surface area contributed by atoms with Gasteiger partial charge in [-0.2, -0.15) is 10.1 Å². The van der Waals surface area contributed by atoms with Crippen LogP contribution in [-0.2, 0) is 6.54 Å². The first-order valence-corrected chi connectivity index (χ1v) is 5.71. The third-order valence-corrected chi connectivity index (χ3v) is 2.62. The van der Waals surface area contributed by atoms with Gasteiger partial charge in [-0.15, -0.1) is 0 Å². The normalized spacial score (nSPS) is 10.8. The summed E-state index contributed by atoms with van der Waals surface area (Å²) in [4.78, 5) is 4.13. The van der Waals surface area contributed by atoms with Crippen LogP contribution < -0.4 is 5.73 Å². The van der Waals surface area contributed by atoms with Gasteiger partial charge in [0.05, 0.1) is 11.9 Å². The maximum Gasteiger partial charge on any atom is 0.248 e. The van der Waals surface area contributed by atoms with Gasteiger partial charge in [-0.3, -0.25) is 4.68 Å². The molecule has 0 saturated carbocycles. The zero-order valence-electron chi connectivity index (χ0n) is 10.2. The molecule has 0 unspecified atom stereocenters. The van der Waals surface area contributed by atoms with Crippen molar-refractivity contribution in [1.82, 2.24) is 19.9 Å². The van der Waals surface area contributed by atoms with E-state index in [-0.39, 0.29) is 12.4 Å². The molecule has 3 rings (SSSR count). The molecule has 0 fully saturated rings. The highest BCUT2D eigenvalue weighted by atomic mass is 19.1. The lowest BCUT2D eigenvalue weighted by molar-refractivity contribution is 0.366. The number of anilines is 1. The predicted octanol–water partition coefficient (Wildman–Crippen LogP) is 1.41. The molecule has 0 bridgehead atoms. The van der Waals surface area contributed by atoms with Crippen molar-refractivity contribution < 1.29 is 14.0 Å². The molecule has 3 aromatic rings. The topological polar surface area (TPSA) is 103 Å². The maximum atomic E-state index is 13.3. The number of halogens is 1. The van der Waals surface area contributed by atoms with Crippen molar-refractivity contribution in [2.45, 2.75) is 6.54 Å². The molecule has 0 aliphatic rings. The summed E-state index contributed by atoms with van der Waals surface area (Å²) in [6.45, 7) is 0.269. The second kappa shape index (κ2) is 4.65. The average molecular weight is 275 g/mol. The summed E-state index contributed by atoms with van der Waals surface area (Å²) in [6.07, 6.45) is 3.14. The number of aromatic hydroxyl groups is 1. The third-order valence-electron chi connectivity index (χ3n) is 2.62. The Labute approximate surface area is 112 Å². The first-order chi connectivity index (χ1) is 9.61. The fraction of sp³-hybridized carbons (Fsp3) is 0.0833. The molecule has 0 spiro atoms. The van der Waals surface area contributed by atoms with Gasteiger partial charge in [0, 0.05) is 11.8 Å². The number of nitrogens with zero attached hydrogens (tertiary/aromatic N) is 4. The van der Waals surface area contributed by atoms with Gasteiger partial charge >= 0.3 is 0 Å². The van der Waals surface area contributed by atoms with Crippen LogP contribution in [0, 0.1) is 5.82 Å². The number of aromatic nitrogens is 4. The molecule has 1 aromatic carbocycles. The van der Waals surface area contributed by atoms with Crippen LogP contribution in [0.2, 0.25) is 0 Å². The van der Waals surface area contributed by atoms with Crippen LogP contribution in [0.5, 0.6) is 5.75 Å². The third kappa shape index (κ3) is 2.30. The second-order valence-electron chi connectivity index (χ2n) is 4.15. The monoisotopic (exact) mass is 275 g/mol. The van der Waals surface area contributed by atoms with Crippen LogP contribution in [0.25, 0.3) is 11.4 Å². The maximum absolute atomic E-state index is 13.3. The van der Waals surface area contributed by atoms with Crippen molar-refractivity contribution in [2.24, 2.45) is 0 Å². The molecular weight excluding hydrogens is 265 g/mol. The smallest absolute Gasteiger partial charge is 0.248 e. The van der Waals surface area contributed by atoms with Crippen molar-refractivity contribution in [3.8, 4) is 17.1 Å². The summed E-state index contributed by atoms with van der Waals surface area (Å²) in [5.41, 5.74) is 6.49. The van der Waals surface area contributed by atoms with Gasteiger partial charge in [-0.05, 0) is 18.2 Å². The van der Waals surface area contributed by atoms with Crippen LogP contribution in [-0.4, -0.2) is 25.0 Å². The number of hydrogen-bond acceptors (Lipinski definition) is 6. The van der Waals surface area contributed by atoms with Gasteiger partial charge < -0.3 is 15.4 Å². The Morgan fingerprint density at radius 2 is 2.25 bits per heavy atom. The highest BCUT2D eigenvalue weighted by Crippen LogP contribution is 2.22. The molecule has 2 aromatic heterocycles. The minimum Gasteiger partial charge on any atom is -0.505 e. The number of nitrogen functional groups attached to an aromatic ring is 1. The van der Waals surface area contributed by atoms with Crippen LogP contribution in [0.15, 0.2) is 35.1 Å². The van der Waals surface area contributed by atoms with Crippen LogP contribution in [0.3, 0.4) is 0 Å². The van der Waals surface area contributed by atoms with E-state index in [1.807, 2.05) is 0 Å². The molecule has 3 N–H and O–H groups in total. The van der Waals surface area contributed by atoms with Crippen molar-refractivity contribution in [3.05, 3.63) is 42.3 Å². The summed E-state index contributed by atoms with van der Waals surface area (Å²) in [7, 11) is 0. The number of hydrogen-bond donors (Lipinski definition) is 2. The number of rotatable bonds is 3. The van der Waals surface area contributed by atoms with Crippen LogP contribution in [0.4, 0.5) is 10.1 Å². The van der Waals surface area contributed by atoms with Crippen molar-refractivity contribution in [3.63, 3.8) is 0 Å². The van der Waals surface area contributed by atoms with E-state index in [1.54, 1.807) is 10.9 Å². The minimum absolute atomic E-state index is 0.235. The Kier molecular flexibility index (Phi) is 2.82. The quantitative estimate of drug-likeness (QED) is 0.749. The van der Waals surface area contributed by atoms with E-state index in [2.05, 4.69) is 15.2 Å². The van der Waals surface area contributed by atoms with Gasteiger partial charge in [0.25, 0.3) is 0 Å². The highest BCUT2D eigenvalue weighted by Gasteiger charge is 2.11. The van der Waals surface area contributed by atoms with Gasteiger partial charge in [0.2, 0.25) is 11.7 Å². The zero-order valence-corrected chi connectivity index (χ0v) is 10.2. The van der Waals surface area contributed by atoms with E-state index in [1.165, 1.54) is 18.3 Å². The van der Waals surface area contributed by atoms with Crippen LogP contribution >= 0.6 is 0 Å². The Morgan fingerprint density at radius 1 is 1.40 bits per heavy atom. The molecule has 0 saturated heterocycles. The Morgan fingerprint density at radius 3 is 2.95 bits per heavy atom. The molecule has 0 atom stereocenters. The highest BCUT2D eigenvalue weighted by molar-refractivity contribution is 5.55. The first-order valence-electron chi connectivity index (χ1n) is 5.71. The molecule has 0 aliphatic carbocycles. The molecular formula is C12H10FN5O2. The SMILES string of the molecule is Nc1cnn(Cc2nc(-c3ccc(O)c(F)c3)no2)c1. The summed E-state index contributed by atoms with van der Waals surface area (Å²) >= 11 is 0. The van der Waals surface area contributed by atoms with E-state index < -0.39 is 11.6 Å². The molecule has 0 aliphatic heterocycles. The molecule has 0 radical (unpaired) electrons. The van der Waals surface area contributed by atoms with Gasteiger partial charge in [-0.1, -0.05) is 5.16 Å². The van der Waals surface area contributed by atoms with Gasteiger partial charge in [0.1, 0.15) is 6.54 Å². The standard InChI is InChI=1S/C12H10FN5O2/c13-9-3-7(1-2-10(9)19)12-16-11(20-17-12)6-18-5-8(14)4-15-18/h1-5,19H,6,14H2. The second-order valence-corrected chi connectivity index (χ2v) is 4.15. The molecule has 7 nitrogen and oxygen atoms in total. The molecule has 20 heavy (non-hydrogen) atoms. The Hall–Kier alpha value is -2.90. The fourth-order valence-electron chi connectivity index (χ4n) is 1.69. The zero-order chi connectivity index (χ0) is 14.1. The summed E-state index contributed by atoms with van der Waals surface area (Å²) in [5.74, 6) is -0.617. The van der Waals surface area contributed by atoms with Crippen molar-refractivity contribution in [2.75, 3.05) is 5.73 Å². The predicted molar refractivity (Wildman–Crippen MR) is 67.1 cm³/mol. The number of phenols is 1. The summed E-state index contributed by atoms with van der Waals surface area (Å²) < 4.78 is 19.9. The lowest BCUT2D eigenvalue weighted by atomic mass is 10.2. The molecule has 2 heterocycles. The molecule has 0 amide bonds. The van der Waals surface area contributed by atoms with E-state index in [9.17, 15) is 4.39 Å². The summed E-state index contributed by atoms with van der Waals surface area (Å²) in [5, 5.41) is 16.9. The van der Waals surface area contributed by atoms with E-state index in [0.717, 1.165) is 6.07 Å². The number of phenolic OH excluding ortho intramolecular Hbond substituents is 1. The van der Waals surface area contributed by atoms with Crippen LogP contribution in [0.1, 0.15) is 5.89 Å². The Bertz CT molecular complexity index is 752. The Balaban J connectivity index is 1.84. The lowest BCUT2D eigenvalue weighted by Crippen LogP contribution is -2.00. The first kappa shape index (κ1) is 12.2. The van der Waals surface area contributed by atoms with E-state index in [4.69, 9.17) is 15.4 Å². The lowest BCUT2D eigenvalue weighted by Gasteiger charge is -1.97. The van der Waals surface area contributed by atoms with Crippen molar-refractivity contribution in [1.29, 1.82) is 0 Å². The number of nitrogens with two attached hydrogens (primary N) is 1. The largest absolute Gasteiger partial charge is 0.505 e. The fourth-order valence-corrected chi connectivity index (χ4v) is 1.69. The van der Waals surface area contributed by atoms with Crippen molar-refractivity contribution >= 4 is 5.69 Å². The average Bonchev–Trinajstić information content (AvgIpc) is 3.03. The number of benzene rings is 1. The van der Waals surface area contributed by atoms with E-state index in [0.29, 0.717) is 17.1 Å². The van der Waals surface area contributed by atoms with E-state index >= 15 is 0 Å². The van der Waals surface area contributed by atoms with Gasteiger partial charge in [-0.25, -0.2) is 4.39 Å². The molecule has 102 valence electrons. The van der Waals surface area contributed by atoms with Gasteiger partial charge in [0.15, 0.2) is 11.6 Å².